The van der Waals surface area contributed by atoms with E-state index < -0.39 is 11.6 Å². The third kappa shape index (κ3) is 2.49. The van der Waals surface area contributed by atoms with Crippen LogP contribution in [0.5, 0.6) is 5.75 Å². The zero-order valence-corrected chi connectivity index (χ0v) is 14.6. The SMILES string of the molecule is Cc1ccccc1C(=O)Oc1c2occ(C)c2cc2c(C)cc(=O)oc12. The minimum Gasteiger partial charge on any atom is -0.460 e. The van der Waals surface area contributed by atoms with Crippen molar-refractivity contribution in [1.82, 2.24) is 0 Å². The summed E-state index contributed by atoms with van der Waals surface area (Å²) in [6, 6.07) is 10.4. The molecule has 5 nitrogen and oxygen atoms in total. The minimum absolute atomic E-state index is 0.125. The fraction of sp³-hybridized carbons (Fsp3) is 0.143. The highest BCUT2D eigenvalue weighted by atomic mass is 16.5. The number of benzene rings is 2. The van der Waals surface area contributed by atoms with E-state index in [-0.39, 0.29) is 11.3 Å². The zero-order valence-electron chi connectivity index (χ0n) is 14.6. The van der Waals surface area contributed by atoms with E-state index in [0.29, 0.717) is 16.5 Å². The Kier molecular flexibility index (Phi) is 3.65. The van der Waals surface area contributed by atoms with Crippen LogP contribution in [0.3, 0.4) is 0 Å². The van der Waals surface area contributed by atoms with Crippen LogP contribution in [0.25, 0.3) is 21.9 Å². The maximum Gasteiger partial charge on any atom is 0.344 e. The molecule has 4 rings (SSSR count). The van der Waals surface area contributed by atoms with Crippen molar-refractivity contribution in [2.45, 2.75) is 20.8 Å². The van der Waals surface area contributed by atoms with Gasteiger partial charge in [-0.1, -0.05) is 18.2 Å². The number of aryl methyl sites for hydroxylation is 3. The van der Waals surface area contributed by atoms with Crippen molar-refractivity contribution < 1.29 is 18.4 Å². The van der Waals surface area contributed by atoms with Crippen LogP contribution in [0.2, 0.25) is 0 Å². The van der Waals surface area contributed by atoms with Crippen molar-refractivity contribution in [3.63, 3.8) is 0 Å². The molecular weight excluding hydrogens is 332 g/mol. The number of rotatable bonds is 2. The normalized spacial score (nSPS) is 11.2. The molecule has 5 heteroatoms. The second-order valence-electron chi connectivity index (χ2n) is 6.33. The van der Waals surface area contributed by atoms with E-state index in [1.807, 2.05) is 39.0 Å². The highest BCUT2D eigenvalue weighted by Crippen LogP contribution is 2.38. The first kappa shape index (κ1) is 16.1. The second-order valence-corrected chi connectivity index (χ2v) is 6.33. The summed E-state index contributed by atoms with van der Waals surface area (Å²) < 4.78 is 16.6. The predicted molar refractivity (Wildman–Crippen MR) is 97.9 cm³/mol. The van der Waals surface area contributed by atoms with Crippen LogP contribution in [0.1, 0.15) is 27.0 Å². The number of esters is 1. The molecule has 0 unspecified atom stereocenters. The number of carbonyl (C=O) groups excluding carboxylic acids is 1. The molecule has 26 heavy (non-hydrogen) atoms. The average molecular weight is 348 g/mol. The van der Waals surface area contributed by atoms with Crippen LogP contribution in [0, 0.1) is 20.8 Å². The maximum absolute atomic E-state index is 12.7. The van der Waals surface area contributed by atoms with Gasteiger partial charge in [0.15, 0.2) is 11.2 Å². The Morgan fingerprint density at radius 1 is 0.923 bits per heavy atom. The second kappa shape index (κ2) is 5.88. The third-order valence-corrected chi connectivity index (χ3v) is 4.49. The van der Waals surface area contributed by atoms with Gasteiger partial charge in [-0.2, -0.15) is 0 Å². The standard InChI is InChI=1S/C21H16O5/c1-11-6-4-5-7-14(11)21(23)26-20-18-16(13(3)10-24-18)9-15-12(2)8-17(22)25-19(15)20/h4-10H,1-3H3. The average Bonchev–Trinajstić information content (AvgIpc) is 2.97. The first-order chi connectivity index (χ1) is 12.5. The number of hydrogen-bond acceptors (Lipinski definition) is 5. The van der Waals surface area contributed by atoms with E-state index >= 15 is 0 Å². The smallest absolute Gasteiger partial charge is 0.344 e. The molecule has 0 saturated carbocycles. The van der Waals surface area contributed by atoms with Crippen LogP contribution in [-0.4, -0.2) is 5.97 Å². The maximum atomic E-state index is 12.7. The minimum atomic E-state index is -0.532. The zero-order chi connectivity index (χ0) is 18.4. The van der Waals surface area contributed by atoms with Gasteiger partial charge in [-0.05, 0) is 49.6 Å². The van der Waals surface area contributed by atoms with Gasteiger partial charge in [0, 0.05) is 16.8 Å². The highest BCUT2D eigenvalue weighted by molar-refractivity contribution is 6.05. The van der Waals surface area contributed by atoms with E-state index in [4.69, 9.17) is 13.6 Å². The summed E-state index contributed by atoms with van der Waals surface area (Å²) in [5.74, 6) is -0.408. The summed E-state index contributed by atoms with van der Waals surface area (Å²) in [4.78, 5) is 24.6. The number of fused-ring (bicyclic) bond motifs is 2. The molecule has 0 amide bonds. The lowest BCUT2D eigenvalue weighted by molar-refractivity contribution is 0.0735. The van der Waals surface area contributed by atoms with E-state index in [1.54, 1.807) is 18.4 Å². The Morgan fingerprint density at radius 2 is 1.65 bits per heavy atom. The van der Waals surface area contributed by atoms with Crippen molar-refractivity contribution >= 4 is 27.9 Å². The Morgan fingerprint density at radius 3 is 2.42 bits per heavy atom. The first-order valence-corrected chi connectivity index (χ1v) is 8.19. The van der Waals surface area contributed by atoms with Crippen LogP contribution in [-0.2, 0) is 0 Å². The summed E-state index contributed by atoms with van der Waals surface area (Å²) in [6.45, 7) is 5.54. The van der Waals surface area contributed by atoms with E-state index in [1.165, 1.54) is 6.07 Å². The largest absolute Gasteiger partial charge is 0.460 e. The van der Waals surface area contributed by atoms with Gasteiger partial charge in [0.2, 0.25) is 5.75 Å². The van der Waals surface area contributed by atoms with Crippen LogP contribution in [0.15, 0.2) is 56.3 Å². The van der Waals surface area contributed by atoms with Gasteiger partial charge in [-0.25, -0.2) is 9.59 Å². The lowest BCUT2D eigenvalue weighted by Crippen LogP contribution is -2.11. The first-order valence-electron chi connectivity index (χ1n) is 8.19. The Balaban J connectivity index is 1.99. The molecule has 0 aliphatic rings. The summed E-state index contributed by atoms with van der Waals surface area (Å²) in [6.07, 6.45) is 1.59. The molecule has 2 aromatic carbocycles. The predicted octanol–water partition coefficient (Wildman–Crippen LogP) is 4.68. The molecular formula is C21H16O5. The van der Waals surface area contributed by atoms with Gasteiger partial charge in [0.1, 0.15) is 0 Å². The quantitative estimate of drug-likeness (QED) is 0.299. The third-order valence-electron chi connectivity index (χ3n) is 4.49. The summed E-state index contributed by atoms with van der Waals surface area (Å²) in [5, 5.41) is 1.51. The summed E-state index contributed by atoms with van der Waals surface area (Å²) >= 11 is 0. The van der Waals surface area contributed by atoms with Crippen molar-refractivity contribution in [1.29, 1.82) is 0 Å². The van der Waals surface area contributed by atoms with Gasteiger partial charge in [-0.15, -0.1) is 0 Å². The molecule has 130 valence electrons. The molecule has 0 bridgehead atoms. The molecule has 4 aromatic rings. The summed E-state index contributed by atoms with van der Waals surface area (Å²) in [5.41, 5.74) is 2.96. The molecule has 0 aliphatic heterocycles. The van der Waals surface area contributed by atoms with Gasteiger partial charge < -0.3 is 13.6 Å². The van der Waals surface area contributed by atoms with Crippen molar-refractivity contribution in [2.24, 2.45) is 0 Å². The van der Waals surface area contributed by atoms with Gasteiger partial charge in [0.05, 0.1) is 11.8 Å². The van der Waals surface area contributed by atoms with Crippen LogP contribution >= 0.6 is 0 Å². The lowest BCUT2D eigenvalue weighted by Gasteiger charge is -2.10. The highest BCUT2D eigenvalue weighted by Gasteiger charge is 2.21. The molecule has 2 aromatic heterocycles. The number of furan rings is 1. The fourth-order valence-corrected chi connectivity index (χ4v) is 3.07. The van der Waals surface area contributed by atoms with E-state index in [0.717, 1.165) is 22.1 Å². The van der Waals surface area contributed by atoms with Crippen molar-refractivity contribution in [2.75, 3.05) is 0 Å². The molecule has 0 spiro atoms. The molecule has 0 saturated heterocycles. The molecule has 2 heterocycles. The Bertz CT molecular complexity index is 1230. The Hall–Kier alpha value is -3.34. The molecule has 0 N–H and O–H groups in total. The molecule has 0 fully saturated rings. The fourth-order valence-electron chi connectivity index (χ4n) is 3.07. The van der Waals surface area contributed by atoms with Crippen LogP contribution in [0.4, 0.5) is 0 Å². The molecule has 0 aliphatic carbocycles. The monoisotopic (exact) mass is 348 g/mol. The number of ether oxygens (including phenoxy) is 1. The van der Waals surface area contributed by atoms with Crippen molar-refractivity contribution in [3.8, 4) is 5.75 Å². The van der Waals surface area contributed by atoms with E-state index in [2.05, 4.69) is 0 Å². The molecule has 0 radical (unpaired) electrons. The number of hydrogen-bond donors (Lipinski definition) is 0. The molecule has 0 atom stereocenters. The van der Waals surface area contributed by atoms with Gasteiger partial charge in [0.25, 0.3) is 0 Å². The topological polar surface area (TPSA) is 69.7 Å². The van der Waals surface area contributed by atoms with Gasteiger partial charge in [-0.3, -0.25) is 0 Å². The van der Waals surface area contributed by atoms with Crippen LogP contribution < -0.4 is 10.4 Å². The number of carbonyl (C=O) groups is 1. The van der Waals surface area contributed by atoms with Gasteiger partial charge >= 0.3 is 11.6 Å². The Labute approximate surface area is 148 Å². The summed E-state index contributed by atoms with van der Waals surface area (Å²) in [7, 11) is 0. The lowest BCUT2D eigenvalue weighted by atomic mass is 10.1. The van der Waals surface area contributed by atoms with Crippen molar-refractivity contribution in [3.05, 3.63) is 75.3 Å². The van der Waals surface area contributed by atoms with E-state index in [9.17, 15) is 9.59 Å².